The second-order valence-electron chi connectivity index (χ2n) is 5.67. The second kappa shape index (κ2) is 8.05. The van der Waals surface area contributed by atoms with Crippen molar-refractivity contribution in [1.29, 1.82) is 0 Å². The number of aryl methyl sites for hydroxylation is 1. The molecule has 0 spiro atoms. The Kier molecular flexibility index (Phi) is 6.38. The molecule has 21 heavy (non-hydrogen) atoms. The van der Waals surface area contributed by atoms with E-state index in [0.717, 1.165) is 28.3 Å². The summed E-state index contributed by atoms with van der Waals surface area (Å²) in [5.74, 6) is 1.67. The number of aromatic nitrogens is 2. The highest BCUT2D eigenvalue weighted by molar-refractivity contribution is 6.31. The average Bonchev–Trinajstić information content (AvgIpc) is 2.81. The molecule has 0 aliphatic rings. The quantitative estimate of drug-likeness (QED) is 0.429. The maximum Gasteiger partial charge on any atom is 0.111 e. The summed E-state index contributed by atoms with van der Waals surface area (Å²) in [6.45, 7) is 4.51. The Morgan fingerprint density at radius 1 is 1.24 bits per heavy atom. The minimum Gasteiger partial charge on any atom is -0.325 e. The smallest absolute Gasteiger partial charge is 0.111 e. The zero-order valence-corrected chi connectivity index (χ0v) is 14.4. The first-order valence-electron chi connectivity index (χ1n) is 7.89. The van der Waals surface area contributed by atoms with E-state index in [2.05, 4.69) is 18.4 Å². The van der Waals surface area contributed by atoms with Gasteiger partial charge in [-0.25, -0.2) is 4.98 Å². The fourth-order valence-corrected chi connectivity index (χ4v) is 3.20. The zero-order valence-electron chi connectivity index (χ0n) is 12.9. The van der Waals surface area contributed by atoms with Gasteiger partial charge in [0.15, 0.2) is 0 Å². The number of imidazole rings is 1. The van der Waals surface area contributed by atoms with E-state index in [1.165, 1.54) is 32.1 Å². The Morgan fingerprint density at radius 2 is 2.05 bits per heavy atom. The van der Waals surface area contributed by atoms with Crippen LogP contribution < -0.4 is 0 Å². The number of rotatable bonds is 8. The van der Waals surface area contributed by atoms with Crippen LogP contribution in [0.2, 0.25) is 5.02 Å². The third kappa shape index (κ3) is 4.14. The summed E-state index contributed by atoms with van der Waals surface area (Å²) >= 11 is 12.1. The normalized spacial score (nSPS) is 13.0. The molecule has 1 aromatic carbocycles. The van der Waals surface area contributed by atoms with Crippen molar-refractivity contribution in [1.82, 2.24) is 9.55 Å². The minimum atomic E-state index is 0.434. The van der Waals surface area contributed by atoms with Crippen molar-refractivity contribution < 1.29 is 0 Å². The molecule has 4 heteroatoms. The number of halogens is 2. The molecule has 116 valence electrons. The molecule has 0 saturated carbocycles. The Hall–Kier alpha value is -0.730. The van der Waals surface area contributed by atoms with Crippen molar-refractivity contribution in [2.45, 2.75) is 58.4 Å². The standard InChI is InChI=1S/C17H24Cl2N2/c1-3-4-5-6-7-13(2)21-16-12-14(19)8-9-15(16)20-17(21)10-11-18/h8-9,12-13H,3-7,10-11H2,1-2H3. The lowest BCUT2D eigenvalue weighted by Gasteiger charge is -2.17. The molecular weight excluding hydrogens is 303 g/mol. The number of nitrogens with zero attached hydrogens (tertiary/aromatic N) is 2. The van der Waals surface area contributed by atoms with Crippen molar-refractivity contribution in [2.24, 2.45) is 0 Å². The molecule has 2 nitrogen and oxygen atoms in total. The van der Waals surface area contributed by atoms with E-state index in [9.17, 15) is 0 Å². The predicted molar refractivity (Wildman–Crippen MR) is 92.6 cm³/mol. The minimum absolute atomic E-state index is 0.434. The topological polar surface area (TPSA) is 17.8 Å². The van der Waals surface area contributed by atoms with E-state index in [1.54, 1.807) is 0 Å². The third-order valence-corrected chi connectivity index (χ3v) is 4.38. The lowest BCUT2D eigenvalue weighted by molar-refractivity contribution is 0.470. The van der Waals surface area contributed by atoms with Crippen LogP contribution >= 0.6 is 23.2 Å². The molecule has 1 atom stereocenters. The van der Waals surface area contributed by atoms with Gasteiger partial charge in [0, 0.05) is 23.4 Å². The molecule has 0 amide bonds. The van der Waals surface area contributed by atoms with Gasteiger partial charge in [-0.3, -0.25) is 0 Å². The van der Waals surface area contributed by atoms with Gasteiger partial charge >= 0.3 is 0 Å². The van der Waals surface area contributed by atoms with Gasteiger partial charge in [-0.2, -0.15) is 0 Å². The number of hydrogen-bond donors (Lipinski definition) is 0. The first-order chi connectivity index (χ1) is 10.2. The van der Waals surface area contributed by atoms with Crippen molar-refractivity contribution in [3.05, 3.63) is 29.0 Å². The fraction of sp³-hybridized carbons (Fsp3) is 0.588. The van der Waals surface area contributed by atoms with Crippen molar-refractivity contribution in [3.8, 4) is 0 Å². The second-order valence-corrected chi connectivity index (χ2v) is 6.48. The SMILES string of the molecule is CCCCCCC(C)n1c(CCCl)nc2ccc(Cl)cc21. The predicted octanol–water partition coefficient (Wildman–Crippen LogP) is 6.00. The Bertz CT molecular complexity index is 577. The summed E-state index contributed by atoms with van der Waals surface area (Å²) in [4.78, 5) is 4.73. The van der Waals surface area contributed by atoms with Crippen molar-refractivity contribution in [3.63, 3.8) is 0 Å². The highest BCUT2D eigenvalue weighted by Gasteiger charge is 2.15. The van der Waals surface area contributed by atoms with E-state index >= 15 is 0 Å². The molecule has 0 radical (unpaired) electrons. The Labute approximate surface area is 137 Å². The number of unbranched alkanes of at least 4 members (excludes halogenated alkanes) is 3. The molecule has 0 aliphatic carbocycles. The first-order valence-corrected chi connectivity index (χ1v) is 8.81. The van der Waals surface area contributed by atoms with E-state index in [-0.39, 0.29) is 0 Å². The molecule has 1 unspecified atom stereocenters. The largest absolute Gasteiger partial charge is 0.325 e. The van der Waals surface area contributed by atoms with E-state index in [0.29, 0.717) is 11.9 Å². The molecule has 0 aliphatic heterocycles. The molecular formula is C17H24Cl2N2. The summed E-state index contributed by atoms with van der Waals surface area (Å²) < 4.78 is 2.33. The number of alkyl halides is 1. The monoisotopic (exact) mass is 326 g/mol. The summed E-state index contributed by atoms with van der Waals surface area (Å²) in [6.07, 6.45) is 7.13. The number of fused-ring (bicyclic) bond motifs is 1. The van der Waals surface area contributed by atoms with Crippen LogP contribution in [-0.2, 0) is 6.42 Å². The third-order valence-electron chi connectivity index (χ3n) is 3.96. The van der Waals surface area contributed by atoms with Crippen LogP contribution in [0, 0.1) is 0 Å². The maximum atomic E-state index is 6.16. The molecule has 1 aromatic heterocycles. The number of benzene rings is 1. The van der Waals surface area contributed by atoms with Crippen LogP contribution in [0.15, 0.2) is 18.2 Å². The van der Waals surface area contributed by atoms with Gasteiger partial charge in [0.2, 0.25) is 0 Å². The Balaban J connectivity index is 2.25. The lowest BCUT2D eigenvalue weighted by Crippen LogP contribution is -2.10. The van der Waals surface area contributed by atoms with Crippen LogP contribution in [0.25, 0.3) is 11.0 Å². The van der Waals surface area contributed by atoms with Gasteiger partial charge in [0.25, 0.3) is 0 Å². The molecule has 1 heterocycles. The maximum absolute atomic E-state index is 6.16. The number of hydrogen-bond acceptors (Lipinski definition) is 1. The molecule has 0 bridgehead atoms. The molecule has 2 aromatic rings. The van der Waals surface area contributed by atoms with Gasteiger partial charge in [-0.15, -0.1) is 11.6 Å². The highest BCUT2D eigenvalue weighted by atomic mass is 35.5. The van der Waals surface area contributed by atoms with E-state index in [1.807, 2.05) is 18.2 Å². The first kappa shape index (κ1) is 16.6. The van der Waals surface area contributed by atoms with Crippen molar-refractivity contribution >= 4 is 34.2 Å². The van der Waals surface area contributed by atoms with E-state index in [4.69, 9.17) is 28.2 Å². The highest BCUT2D eigenvalue weighted by Crippen LogP contribution is 2.27. The molecule has 2 rings (SSSR count). The lowest BCUT2D eigenvalue weighted by atomic mass is 10.1. The van der Waals surface area contributed by atoms with Gasteiger partial charge in [0.05, 0.1) is 11.0 Å². The molecule has 0 fully saturated rings. The zero-order chi connectivity index (χ0) is 15.2. The summed E-state index contributed by atoms with van der Waals surface area (Å²) in [5.41, 5.74) is 2.14. The van der Waals surface area contributed by atoms with Gasteiger partial charge < -0.3 is 4.57 Å². The van der Waals surface area contributed by atoms with Crippen LogP contribution in [-0.4, -0.2) is 15.4 Å². The van der Waals surface area contributed by atoms with Crippen LogP contribution in [0.1, 0.15) is 57.8 Å². The Morgan fingerprint density at radius 3 is 2.76 bits per heavy atom. The van der Waals surface area contributed by atoms with Crippen LogP contribution in [0.3, 0.4) is 0 Å². The van der Waals surface area contributed by atoms with Gasteiger partial charge in [-0.05, 0) is 31.5 Å². The molecule has 0 saturated heterocycles. The van der Waals surface area contributed by atoms with Crippen LogP contribution in [0.5, 0.6) is 0 Å². The van der Waals surface area contributed by atoms with E-state index < -0.39 is 0 Å². The van der Waals surface area contributed by atoms with Gasteiger partial charge in [-0.1, -0.05) is 44.2 Å². The van der Waals surface area contributed by atoms with Crippen LogP contribution in [0.4, 0.5) is 0 Å². The molecule has 0 N–H and O–H groups in total. The van der Waals surface area contributed by atoms with Crippen molar-refractivity contribution in [2.75, 3.05) is 5.88 Å². The summed E-state index contributed by atoms with van der Waals surface area (Å²) in [7, 11) is 0. The fourth-order valence-electron chi connectivity index (χ4n) is 2.86. The average molecular weight is 327 g/mol. The summed E-state index contributed by atoms with van der Waals surface area (Å²) in [6, 6.07) is 6.35. The van der Waals surface area contributed by atoms with Gasteiger partial charge in [0.1, 0.15) is 5.82 Å². The summed E-state index contributed by atoms with van der Waals surface area (Å²) in [5, 5.41) is 0.763.